The highest BCUT2D eigenvalue weighted by molar-refractivity contribution is 5.97. The molecule has 2 N–H and O–H groups in total. The molecule has 6 heteroatoms. The van der Waals surface area contributed by atoms with Crippen LogP contribution in [0.5, 0.6) is 0 Å². The first kappa shape index (κ1) is 17.9. The molecule has 0 unspecified atom stereocenters. The first-order chi connectivity index (χ1) is 12.6. The van der Waals surface area contributed by atoms with Crippen LogP contribution in [0, 0.1) is 0 Å². The number of anilines is 1. The predicted octanol–water partition coefficient (Wildman–Crippen LogP) is 2.12. The number of aromatic nitrogens is 1. The summed E-state index contributed by atoms with van der Waals surface area (Å²) in [4.78, 5) is 31.0. The normalized spacial score (nSPS) is 14.7. The Kier molecular flexibility index (Phi) is 5.84. The molecule has 1 aromatic carbocycles. The van der Waals surface area contributed by atoms with E-state index in [2.05, 4.69) is 20.5 Å². The predicted molar refractivity (Wildman–Crippen MR) is 101 cm³/mol. The number of hydrogen-bond acceptors (Lipinski definition) is 4. The zero-order chi connectivity index (χ0) is 18.4. The average Bonchev–Trinajstić information content (AvgIpc) is 3.22. The summed E-state index contributed by atoms with van der Waals surface area (Å²) in [6.45, 7) is 4.17. The average molecular weight is 352 g/mol. The summed E-state index contributed by atoms with van der Waals surface area (Å²) in [5.74, 6) is 0.504. The fourth-order valence-corrected chi connectivity index (χ4v) is 2.93. The van der Waals surface area contributed by atoms with Gasteiger partial charge in [0.2, 0.25) is 5.91 Å². The number of amides is 2. The van der Waals surface area contributed by atoms with Gasteiger partial charge in [0.25, 0.3) is 5.91 Å². The Labute approximate surface area is 153 Å². The third kappa shape index (κ3) is 4.59. The van der Waals surface area contributed by atoms with Crippen LogP contribution in [0.4, 0.5) is 5.82 Å². The van der Waals surface area contributed by atoms with E-state index in [1.54, 1.807) is 37.4 Å². The van der Waals surface area contributed by atoms with Crippen molar-refractivity contribution in [3.05, 3.63) is 59.8 Å². The van der Waals surface area contributed by atoms with Crippen molar-refractivity contribution in [3.8, 4) is 0 Å². The van der Waals surface area contributed by atoms with Gasteiger partial charge in [0.15, 0.2) is 0 Å². The summed E-state index contributed by atoms with van der Waals surface area (Å²) >= 11 is 0. The minimum Gasteiger partial charge on any atom is -0.357 e. The van der Waals surface area contributed by atoms with Crippen molar-refractivity contribution in [2.45, 2.75) is 32.4 Å². The monoisotopic (exact) mass is 352 g/mol. The number of nitrogens with one attached hydrogen (secondary N) is 2. The first-order valence-electron chi connectivity index (χ1n) is 8.97. The van der Waals surface area contributed by atoms with Crippen molar-refractivity contribution in [2.75, 3.05) is 18.0 Å². The molecule has 6 nitrogen and oxygen atoms in total. The fourth-order valence-electron chi connectivity index (χ4n) is 2.93. The van der Waals surface area contributed by atoms with Crippen LogP contribution < -0.4 is 15.5 Å². The number of nitrogens with zero attached hydrogens (tertiary/aromatic N) is 2. The van der Waals surface area contributed by atoms with Crippen LogP contribution in [0.1, 0.15) is 35.7 Å². The highest BCUT2D eigenvalue weighted by Crippen LogP contribution is 2.17. The van der Waals surface area contributed by atoms with E-state index in [-0.39, 0.29) is 11.8 Å². The summed E-state index contributed by atoms with van der Waals surface area (Å²) in [5, 5.41) is 5.54. The van der Waals surface area contributed by atoms with E-state index in [1.807, 2.05) is 18.2 Å². The van der Waals surface area contributed by atoms with Crippen molar-refractivity contribution in [3.63, 3.8) is 0 Å². The van der Waals surface area contributed by atoms with Crippen molar-refractivity contribution >= 4 is 17.6 Å². The molecule has 1 saturated heterocycles. The van der Waals surface area contributed by atoms with Crippen LogP contribution in [-0.2, 0) is 11.3 Å². The second kappa shape index (κ2) is 8.47. The molecular formula is C20H24N4O2. The zero-order valence-corrected chi connectivity index (χ0v) is 14.9. The van der Waals surface area contributed by atoms with Gasteiger partial charge in [0.1, 0.15) is 11.9 Å². The Hall–Kier alpha value is -2.89. The second-order valence-electron chi connectivity index (χ2n) is 6.50. The van der Waals surface area contributed by atoms with Gasteiger partial charge in [-0.3, -0.25) is 9.59 Å². The molecule has 0 bridgehead atoms. The highest BCUT2D eigenvalue weighted by Gasteiger charge is 2.16. The quantitative estimate of drug-likeness (QED) is 0.835. The van der Waals surface area contributed by atoms with Crippen molar-refractivity contribution in [1.82, 2.24) is 15.6 Å². The Morgan fingerprint density at radius 1 is 1.12 bits per heavy atom. The number of carbonyl (C=O) groups excluding carboxylic acids is 2. The van der Waals surface area contributed by atoms with Crippen LogP contribution in [-0.4, -0.2) is 35.9 Å². The van der Waals surface area contributed by atoms with Gasteiger partial charge in [-0.2, -0.15) is 0 Å². The SMILES string of the molecule is C[C@H](NC(=O)c1ccccc1)C(=O)NCc1ccc(N2CCCC2)nc1. The van der Waals surface area contributed by atoms with E-state index in [1.165, 1.54) is 12.8 Å². The molecule has 2 heterocycles. The lowest BCUT2D eigenvalue weighted by Crippen LogP contribution is -2.44. The van der Waals surface area contributed by atoms with Crippen LogP contribution in [0.25, 0.3) is 0 Å². The Balaban J connectivity index is 1.47. The maximum Gasteiger partial charge on any atom is 0.251 e. The number of hydrogen-bond donors (Lipinski definition) is 2. The van der Waals surface area contributed by atoms with E-state index < -0.39 is 6.04 Å². The lowest BCUT2D eigenvalue weighted by molar-refractivity contribution is -0.122. The Bertz CT molecular complexity index is 740. The number of benzene rings is 1. The molecular weight excluding hydrogens is 328 g/mol. The molecule has 0 spiro atoms. The lowest BCUT2D eigenvalue weighted by Gasteiger charge is -2.17. The molecule has 2 aromatic rings. The third-order valence-corrected chi connectivity index (χ3v) is 4.48. The molecule has 136 valence electrons. The lowest BCUT2D eigenvalue weighted by atomic mass is 10.2. The minimum absolute atomic E-state index is 0.224. The van der Waals surface area contributed by atoms with Crippen molar-refractivity contribution in [1.29, 1.82) is 0 Å². The van der Waals surface area contributed by atoms with Gasteiger partial charge in [-0.1, -0.05) is 24.3 Å². The van der Waals surface area contributed by atoms with E-state index in [9.17, 15) is 9.59 Å². The molecule has 0 radical (unpaired) electrons. The van der Waals surface area contributed by atoms with E-state index in [4.69, 9.17) is 0 Å². The van der Waals surface area contributed by atoms with Gasteiger partial charge in [0.05, 0.1) is 0 Å². The Morgan fingerprint density at radius 3 is 2.50 bits per heavy atom. The fraction of sp³-hybridized carbons (Fsp3) is 0.350. The maximum absolute atomic E-state index is 12.2. The van der Waals surface area contributed by atoms with Crippen molar-refractivity contribution in [2.24, 2.45) is 0 Å². The van der Waals surface area contributed by atoms with Crippen LogP contribution in [0.15, 0.2) is 48.7 Å². The summed E-state index contributed by atoms with van der Waals surface area (Å²) in [7, 11) is 0. The smallest absolute Gasteiger partial charge is 0.251 e. The minimum atomic E-state index is -0.612. The van der Waals surface area contributed by atoms with Gasteiger partial charge in [-0.15, -0.1) is 0 Å². The van der Waals surface area contributed by atoms with Gasteiger partial charge in [-0.25, -0.2) is 4.98 Å². The van der Waals surface area contributed by atoms with E-state index >= 15 is 0 Å². The van der Waals surface area contributed by atoms with Crippen molar-refractivity contribution < 1.29 is 9.59 Å². The molecule has 2 amide bonds. The Morgan fingerprint density at radius 2 is 1.85 bits per heavy atom. The molecule has 0 aliphatic carbocycles. The maximum atomic E-state index is 12.2. The van der Waals surface area contributed by atoms with E-state index in [0.29, 0.717) is 12.1 Å². The molecule has 0 saturated carbocycles. The number of pyridine rings is 1. The van der Waals surface area contributed by atoms with Crippen LogP contribution in [0.2, 0.25) is 0 Å². The zero-order valence-electron chi connectivity index (χ0n) is 14.9. The molecule has 26 heavy (non-hydrogen) atoms. The molecule has 1 aromatic heterocycles. The summed E-state index contributed by atoms with van der Waals surface area (Å²) in [5.41, 5.74) is 1.47. The standard InChI is InChI=1S/C20H24N4O2/c1-15(23-20(26)17-7-3-2-4-8-17)19(25)22-14-16-9-10-18(21-13-16)24-11-5-6-12-24/h2-4,7-10,13,15H,5-6,11-12,14H2,1H3,(H,22,25)(H,23,26)/t15-/m0/s1. The highest BCUT2D eigenvalue weighted by atomic mass is 16.2. The third-order valence-electron chi connectivity index (χ3n) is 4.48. The van der Waals surface area contributed by atoms with Gasteiger partial charge >= 0.3 is 0 Å². The molecule has 1 aliphatic rings. The largest absolute Gasteiger partial charge is 0.357 e. The molecule has 1 fully saturated rings. The molecule has 1 atom stereocenters. The molecule has 3 rings (SSSR count). The number of rotatable bonds is 6. The van der Waals surface area contributed by atoms with Gasteiger partial charge in [0, 0.05) is 31.4 Å². The summed E-state index contributed by atoms with van der Waals surface area (Å²) in [6, 6.07) is 12.2. The number of carbonyl (C=O) groups is 2. The molecule has 1 aliphatic heterocycles. The topological polar surface area (TPSA) is 74.3 Å². The van der Waals surface area contributed by atoms with E-state index in [0.717, 1.165) is 24.5 Å². The van der Waals surface area contributed by atoms with Gasteiger partial charge < -0.3 is 15.5 Å². The van der Waals surface area contributed by atoms with Crippen LogP contribution in [0.3, 0.4) is 0 Å². The first-order valence-corrected chi connectivity index (χ1v) is 8.97. The van der Waals surface area contributed by atoms with Gasteiger partial charge in [-0.05, 0) is 43.5 Å². The second-order valence-corrected chi connectivity index (χ2v) is 6.50. The summed E-state index contributed by atoms with van der Waals surface area (Å²) in [6.07, 6.45) is 4.22. The summed E-state index contributed by atoms with van der Waals surface area (Å²) < 4.78 is 0. The van der Waals surface area contributed by atoms with Crippen LogP contribution >= 0.6 is 0 Å².